The lowest BCUT2D eigenvalue weighted by atomic mass is 10.2. The Hall–Kier alpha value is -2.61. The predicted molar refractivity (Wildman–Crippen MR) is 61.0 cm³/mol. The summed E-state index contributed by atoms with van der Waals surface area (Å²) < 4.78 is 0. The minimum atomic E-state index is -1.79. The highest BCUT2D eigenvalue weighted by Gasteiger charge is 2.16. The molecule has 1 unspecified atom stereocenters. The molecule has 0 amide bonds. The summed E-state index contributed by atoms with van der Waals surface area (Å²) in [5.74, 6) is -3.76. The number of aliphatic hydroxyl groups excluding tert-OH is 1. The molecule has 1 atom stereocenters. The van der Waals surface area contributed by atoms with E-state index in [9.17, 15) is 14.4 Å². The molecule has 0 aliphatic heterocycles. The Bertz CT molecular complexity index is 450. The third kappa shape index (κ3) is 7.34. The molecule has 0 saturated heterocycles. The fourth-order valence-corrected chi connectivity index (χ4v) is 0.857. The zero-order valence-electron chi connectivity index (χ0n) is 9.55. The Balaban J connectivity index is 0.000000344. The first kappa shape index (κ1) is 16.4. The van der Waals surface area contributed by atoms with Crippen LogP contribution >= 0.6 is 0 Å². The normalized spacial score (nSPS) is 10.8. The Kier molecular flexibility index (Phi) is 6.61. The second-order valence-electron chi connectivity index (χ2n) is 3.30. The molecule has 0 fully saturated rings. The number of aliphatic carboxylic acids is 2. The first-order chi connectivity index (χ1) is 8.73. The van der Waals surface area contributed by atoms with Crippen molar-refractivity contribution in [2.75, 3.05) is 0 Å². The maximum absolute atomic E-state index is 10.2. The van der Waals surface area contributed by atoms with Crippen molar-refractivity contribution in [2.45, 2.75) is 12.5 Å². The van der Waals surface area contributed by atoms with Gasteiger partial charge in [-0.15, -0.1) is 0 Å². The van der Waals surface area contributed by atoms with E-state index in [0.29, 0.717) is 0 Å². The van der Waals surface area contributed by atoms with Gasteiger partial charge in [0.2, 0.25) is 0 Å². The van der Waals surface area contributed by atoms with Gasteiger partial charge < -0.3 is 25.5 Å². The summed E-state index contributed by atoms with van der Waals surface area (Å²) in [4.78, 5) is 29.6. The SMILES string of the molecule is O=C(O)CC(O)C(=O)O.O=C(O)c1ccc(O)cc1. The largest absolute Gasteiger partial charge is 0.508 e. The van der Waals surface area contributed by atoms with E-state index in [1.165, 1.54) is 24.3 Å². The number of carbonyl (C=O) groups is 3. The first-order valence-electron chi connectivity index (χ1n) is 4.89. The summed E-state index contributed by atoms with van der Waals surface area (Å²) in [5.41, 5.74) is 0.179. The number of aliphatic hydroxyl groups is 1. The minimum Gasteiger partial charge on any atom is -0.508 e. The lowest BCUT2D eigenvalue weighted by Gasteiger charge is -1.97. The van der Waals surface area contributed by atoms with Crippen LogP contribution < -0.4 is 0 Å². The summed E-state index contributed by atoms with van der Waals surface area (Å²) in [7, 11) is 0. The predicted octanol–water partition coefficient (Wildman–Crippen LogP) is -0.00300. The number of hydrogen-bond donors (Lipinski definition) is 5. The van der Waals surface area contributed by atoms with Gasteiger partial charge in [0.15, 0.2) is 6.10 Å². The van der Waals surface area contributed by atoms with Crippen molar-refractivity contribution < 1.29 is 39.9 Å². The monoisotopic (exact) mass is 272 g/mol. The molecule has 104 valence electrons. The Morgan fingerprint density at radius 3 is 1.74 bits per heavy atom. The quantitative estimate of drug-likeness (QED) is 0.513. The number of hydrogen-bond acceptors (Lipinski definition) is 5. The molecule has 0 aliphatic carbocycles. The number of carboxylic acid groups (broad SMARTS) is 3. The van der Waals surface area contributed by atoms with Crippen LogP contribution in [0.2, 0.25) is 0 Å². The van der Waals surface area contributed by atoms with Crippen LogP contribution in [-0.2, 0) is 9.59 Å². The summed E-state index contributed by atoms with van der Waals surface area (Å²) in [6.45, 7) is 0. The molecular formula is C11H12O8. The van der Waals surface area contributed by atoms with Crippen molar-refractivity contribution in [2.24, 2.45) is 0 Å². The number of carboxylic acids is 3. The summed E-state index contributed by atoms with van der Waals surface area (Å²) >= 11 is 0. The standard InChI is InChI=1S/C7H6O3.C4H6O5/c8-6-3-1-5(2-4-6)7(9)10;5-2(4(8)9)1-3(6)7/h1-4,8H,(H,9,10);2,5H,1H2,(H,6,7)(H,8,9). The lowest BCUT2D eigenvalue weighted by Crippen LogP contribution is -2.22. The molecule has 0 saturated carbocycles. The topological polar surface area (TPSA) is 152 Å². The van der Waals surface area contributed by atoms with Crippen LogP contribution in [0.3, 0.4) is 0 Å². The van der Waals surface area contributed by atoms with Crippen molar-refractivity contribution in [1.82, 2.24) is 0 Å². The minimum absolute atomic E-state index is 0.0741. The Labute approximate surface area is 107 Å². The van der Waals surface area contributed by atoms with E-state index in [4.69, 9.17) is 25.5 Å². The number of benzene rings is 1. The number of rotatable bonds is 4. The van der Waals surface area contributed by atoms with Crippen molar-refractivity contribution in [3.8, 4) is 5.75 Å². The second-order valence-corrected chi connectivity index (χ2v) is 3.30. The molecule has 1 rings (SSSR count). The molecule has 0 heterocycles. The highest BCUT2D eigenvalue weighted by Crippen LogP contribution is 2.08. The second kappa shape index (κ2) is 7.67. The first-order valence-corrected chi connectivity index (χ1v) is 4.89. The number of aromatic carboxylic acids is 1. The maximum atomic E-state index is 10.2. The molecule has 0 bridgehead atoms. The smallest absolute Gasteiger partial charge is 0.335 e. The zero-order chi connectivity index (χ0) is 15.0. The molecule has 1 aromatic rings. The summed E-state index contributed by atoms with van der Waals surface area (Å²) in [6, 6.07) is 5.36. The average Bonchev–Trinajstić information content (AvgIpc) is 2.29. The van der Waals surface area contributed by atoms with Crippen LogP contribution in [0.4, 0.5) is 0 Å². The van der Waals surface area contributed by atoms with E-state index in [1.54, 1.807) is 0 Å². The van der Waals surface area contributed by atoms with E-state index >= 15 is 0 Å². The van der Waals surface area contributed by atoms with Gasteiger partial charge in [-0.05, 0) is 24.3 Å². The van der Waals surface area contributed by atoms with Gasteiger partial charge in [0.1, 0.15) is 5.75 Å². The van der Waals surface area contributed by atoms with Gasteiger partial charge in [-0.2, -0.15) is 0 Å². The molecule has 0 aromatic heterocycles. The van der Waals surface area contributed by atoms with E-state index in [1.807, 2.05) is 0 Å². The molecule has 8 nitrogen and oxygen atoms in total. The molecule has 19 heavy (non-hydrogen) atoms. The van der Waals surface area contributed by atoms with Crippen molar-refractivity contribution >= 4 is 17.9 Å². The van der Waals surface area contributed by atoms with Crippen molar-refractivity contribution in [1.29, 1.82) is 0 Å². The molecule has 1 aromatic carbocycles. The van der Waals surface area contributed by atoms with Gasteiger partial charge in [-0.3, -0.25) is 4.79 Å². The van der Waals surface area contributed by atoms with E-state index in [-0.39, 0.29) is 11.3 Å². The molecule has 0 radical (unpaired) electrons. The van der Waals surface area contributed by atoms with Gasteiger partial charge in [-0.1, -0.05) is 0 Å². The van der Waals surface area contributed by atoms with E-state index in [0.717, 1.165) is 0 Å². The third-order valence-electron chi connectivity index (χ3n) is 1.77. The fourth-order valence-electron chi connectivity index (χ4n) is 0.857. The highest BCUT2D eigenvalue weighted by molar-refractivity contribution is 5.87. The van der Waals surface area contributed by atoms with Crippen molar-refractivity contribution in [3.63, 3.8) is 0 Å². The molecule has 0 aliphatic rings. The van der Waals surface area contributed by atoms with Crippen LogP contribution in [0.5, 0.6) is 5.75 Å². The highest BCUT2D eigenvalue weighted by atomic mass is 16.4. The number of phenols is 1. The maximum Gasteiger partial charge on any atom is 0.335 e. The summed E-state index contributed by atoms with van der Waals surface area (Å²) in [6.07, 6.45) is -2.54. The lowest BCUT2D eigenvalue weighted by molar-refractivity contribution is -0.152. The van der Waals surface area contributed by atoms with E-state index in [2.05, 4.69) is 0 Å². The van der Waals surface area contributed by atoms with Crippen LogP contribution in [0.1, 0.15) is 16.8 Å². The van der Waals surface area contributed by atoms with Crippen LogP contribution in [0.15, 0.2) is 24.3 Å². The van der Waals surface area contributed by atoms with Gasteiger partial charge >= 0.3 is 17.9 Å². The van der Waals surface area contributed by atoms with Crippen LogP contribution in [0.25, 0.3) is 0 Å². The third-order valence-corrected chi connectivity index (χ3v) is 1.77. The molecule has 8 heteroatoms. The van der Waals surface area contributed by atoms with Crippen LogP contribution in [-0.4, -0.2) is 49.5 Å². The molecule has 0 spiro atoms. The van der Waals surface area contributed by atoms with Gasteiger partial charge in [0.05, 0.1) is 12.0 Å². The van der Waals surface area contributed by atoms with Crippen LogP contribution in [0, 0.1) is 0 Å². The average molecular weight is 272 g/mol. The van der Waals surface area contributed by atoms with E-state index < -0.39 is 30.4 Å². The summed E-state index contributed by atoms with van der Waals surface area (Å²) in [5, 5.41) is 41.3. The van der Waals surface area contributed by atoms with Crippen molar-refractivity contribution in [3.05, 3.63) is 29.8 Å². The number of phenolic OH excluding ortho intramolecular Hbond substituents is 1. The fraction of sp³-hybridized carbons (Fsp3) is 0.182. The van der Waals surface area contributed by atoms with Gasteiger partial charge in [-0.25, -0.2) is 9.59 Å². The molecule has 5 N–H and O–H groups in total. The zero-order valence-corrected chi connectivity index (χ0v) is 9.55. The Morgan fingerprint density at radius 2 is 1.47 bits per heavy atom. The van der Waals surface area contributed by atoms with Gasteiger partial charge in [0.25, 0.3) is 0 Å². The van der Waals surface area contributed by atoms with Gasteiger partial charge in [0, 0.05) is 0 Å². The molecular weight excluding hydrogens is 260 g/mol. The Morgan fingerprint density at radius 1 is 1.00 bits per heavy atom. The number of aromatic hydroxyl groups is 1.